The summed E-state index contributed by atoms with van der Waals surface area (Å²) >= 11 is 0. The maximum Gasteiger partial charge on any atom is 0.506 e. The van der Waals surface area contributed by atoms with Crippen LogP contribution >= 0.6 is 0 Å². The van der Waals surface area contributed by atoms with E-state index in [1.807, 2.05) is 0 Å². The molecular formula is C10H18O4. The molecule has 2 N–H and O–H groups in total. The summed E-state index contributed by atoms with van der Waals surface area (Å²) in [6, 6.07) is 0. The lowest BCUT2D eigenvalue weighted by atomic mass is 9.79. The first kappa shape index (κ1) is 11.3. The Morgan fingerprint density at radius 1 is 1.43 bits per heavy atom. The Bertz CT molecular complexity index is 202. The molecule has 0 amide bonds. The summed E-state index contributed by atoms with van der Waals surface area (Å²) in [7, 11) is 0. The van der Waals surface area contributed by atoms with Gasteiger partial charge in [-0.05, 0) is 31.1 Å². The quantitative estimate of drug-likeness (QED) is 0.671. The first-order valence-electron chi connectivity index (χ1n) is 5.08. The highest BCUT2D eigenvalue weighted by atomic mass is 16.7. The van der Waals surface area contributed by atoms with Crippen LogP contribution in [0.5, 0.6) is 0 Å². The van der Waals surface area contributed by atoms with Crippen molar-refractivity contribution in [1.82, 2.24) is 0 Å². The van der Waals surface area contributed by atoms with Gasteiger partial charge in [-0.3, -0.25) is 0 Å². The molecule has 3 unspecified atom stereocenters. The van der Waals surface area contributed by atoms with Crippen molar-refractivity contribution < 1.29 is 19.7 Å². The molecular weight excluding hydrogens is 184 g/mol. The monoisotopic (exact) mass is 202 g/mol. The van der Waals surface area contributed by atoms with Gasteiger partial charge in [0.2, 0.25) is 0 Å². The standard InChI is InChI=1S/C10H18O4/c1-6(2)7-3-4-9(8(11)5-7)14-10(12)13/h6-9,11H,3-5H2,1-2H3,(H,12,13). The molecule has 1 fully saturated rings. The van der Waals surface area contributed by atoms with Crippen LogP contribution in [0.15, 0.2) is 0 Å². The molecule has 0 aliphatic heterocycles. The fourth-order valence-electron chi connectivity index (χ4n) is 2.02. The third-order valence-corrected chi connectivity index (χ3v) is 2.99. The Hall–Kier alpha value is -0.770. The van der Waals surface area contributed by atoms with Crippen LogP contribution in [0.3, 0.4) is 0 Å². The molecule has 0 spiro atoms. The second-order valence-electron chi connectivity index (χ2n) is 4.31. The second kappa shape index (κ2) is 4.64. The molecule has 4 nitrogen and oxygen atoms in total. The maximum atomic E-state index is 10.3. The molecule has 0 aromatic rings. The highest BCUT2D eigenvalue weighted by Crippen LogP contribution is 2.31. The second-order valence-corrected chi connectivity index (χ2v) is 4.31. The third kappa shape index (κ3) is 2.87. The molecule has 14 heavy (non-hydrogen) atoms. The Balaban J connectivity index is 2.43. The van der Waals surface area contributed by atoms with Gasteiger partial charge in [0, 0.05) is 0 Å². The molecule has 0 aromatic carbocycles. The summed E-state index contributed by atoms with van der Waals surface area (Å²) in [6.45, 7) is 4.24. The van der Waals surface area contributed by atoms with Crippen LogP contribution in [-0.4, -0.2) is 28.6 Å². The van der Waals surface area contributed by atoms with E-state index in [-0.39, 0.29) is 0 Å². The molecule has 3 atom stereocenters. The van der Waals surface area contributed by atoms with Crippen molar-refractivity contribution >= 4 is 6.16 Å². The fraction of sp³-hybridized carbons (Fsp3) is 0.900. The number of hydrogen-bond acceptors (Lipinski definition) is 3. The van der Waals surface area contributed by atoms with Crippen molar-refractivity contribution in [3.63, 3.8) is 0 Å². The zero-order valence-corrected chi connectivity index (χ0v) is 8.64. The predicted molar refractivity (Wildman–Crippen MR) is 51.1 cm³/mol. The van der Waals surface area contributed by atoms with Gasteiger partial charge in [-0.1, -0.05) is 13.8 Å². The average molecular weight is 202 g/mol. The van der Waals surface area contributed by atoms with E-state index in [4.69, 9.17) is 5.11 Å². The van der Waals surface area contributed by atoms with Crippen LogP contribution in [0, 0.1) is 11.8 Å². The van der Waals surface area contributed by atoms with Crippen LogP contribution < -0.4 is 0 Å². The highest BCUT2D eigenvalue weighted by Gasteiger charge is 2.32. The molecule has 0 radical (unpaired) electrons. The van der Waals surface area contributed by atoms with Gasteiger partial charge < -0.3 is 14.9 Å². The normalized spacial score (nSPS) is 33.0. The van der Waals surface area contributed by atoms with Crippen LogP contribution in [0.1, 0.15) is 33.1 Å². The SMILES string of the molecule is CC(C)C1CCC(OC(=O)O)C(O)C1. The van der Waals surface area contributed by atoms with E-state index in [2.05, 4.69) is 18.6 Å². The van der Waals surface area contributed by atoms with Crippen LogP contribution in [0.4, 0.5) is 4.79 Å². The minimum absolute atomic E-state index is 0.485. The van der Waals surface area contributed by atoms with E-state index in [1.165, 1.54) is 0 Å². The van der Waals surface area contributed by atoms with E-state index in [1.54, 1.807) is 0 Å². The van der Waals surface area contributed by atoms with Gasteiger partial charge in [0.1, 0.15) is 6.10 Å². The Kier molecular flexibility index (Phi) is 3.75. The van der Waals surface area contributed by atoms with E-state index >= 15 is 0 Å². The summed E-state index contributed by atoms with van der Waals surface area (Å²) in [6.07, 6.45) is -0.231. The van der Waals surface area contributed by atoms with Crippen molar-refractivity contribution in [2.24, 2.45) is 11.8 Å². The smallest absolute Gasteiger partial charge is 0.450 e. The first-order chi connectivity index (χ1) is 6.50. The molecule has 0 saturated heterocycles. The number of hydrogen-bond donors (Lipinski definition) is 2. The zero-order valence-electron chi connectivity index (χ0n) is 8.64. The van der Waals surface area contributed by atoms with E-state index in [0.29, 0.717) is 24.7 Å². The van der Waals surface area contributed by atoms with Gasteiger partial charge in [-0.25, -0.2) is 4.79 Å². The highest BCUT2D eigenvalue weighted by molar-refractivity contribution is 5.57. The Morgan fingerprint density at radius 2 is 2.07 bits per heavy atom. The summed E-state index contributed by atoms with van der Waals surface area (Å²) in [5, 5.41) is 18.1. The molecule has 1 rings (SSSR count). The van der Waals surface area contributed by atoms with Crippen molar-refractivity contribution in [3.05, 3.63) is 0 Å². The molecule has 1 aliphatic carbocycles. The molecule has 1 saturated carbocycles. The third-order valence-electron chi connectivity index (χ3n) is 2.99. The maximum absolute atomic E-state index is 10.3. The molecule has 4 heteroatoms. The topological polar surface area (TPSA) is 66.8 Å². The zero-order chi connectivity index (χ0) is 10.7. The van der Waals surface area contributed by atoms with Gasteiger partial charge in [-0.15, -0.1) is 0 Å². The minimum Gasteiger partial charge on any atom is -0.450 e. The number of carbonyl (C=O) groups is 1. The van der Waals surface area contributed by atoms with Gasteiger partial charge in [0.05, 0.1) is 6.10 Å². The largest absolute Gasteiger partial charge is 0.506 e. The molecule has 0 heterocycles. The molecule has 1 aliphatic rings. The number of carboxylic acid groups (broad SMARTS) is 1. The van der Waals surface area contributed by atoms with Crippen molar-refractivity contribution in [1.29, 1.82) is 0 Å². The summed E-state index contributed by atoms with van der Waals surface area (Å²) in [4.78, 5) is 10.3. The van der Waals surface area contributed by atoms with Crippen molar-refractivity contribution in [3.8, 4) is 0 Å². The van der Waals surface area contributed by atoms with Crippen molar-refractivity contribution in [2.75, 3.05) is 0 Å². The van der Waals surface area contributed by atoms with Crippen LogP contribution in [0.2, 0.25) is 0 Å². The van der Waals surface area contributed by atoms with Gasteiger partial charge >= 0.3 is 6.16 Å². The Morgan fingerprint density at radius 3 is 2.50 bits per heavy atom. The summed E-state index contributed by atoms with van der Waals surface area (Å²) in [5.74, 6) is 1.02. The van der Waals surface area contributed by atoms with Crippen LogP contribution in [-0.2, 0) is 4.74 Å². The fourth-order valence-corrected chi connectivity index (χ4v) is 2.02. The predicted octanol–water partition coefficient (Wildman–Crippen LogP) is 1.87. The van der Waals surface area contributed by atoms with Gasteiger partial charge in [0.25, 0.3) is 0 Å². The number of ether oxygens (including phenoxy) is 1. The number of rotatable bonds is 2. The van der Waals surface area contributed by atoms with E-state index in [9.17, 15) is 9.90 Å². The van der Waals surface area contributed by atoms with E-state index < -0.39 is 18.4 Å². The number of aliphatic hydroxyl groups excluding tert-OH is 1. The minimum atomic E-state index is -1.29. The van der Waals surface area contributed by atoms with Gasteiger partial charge in [-0.2, -0.15) is 0 Å². The average Bonchev–Trinajstić information content (AvgIpc) is 2.07. The number of aliphatic hydroxyl groups is 1. The lowest BCUT2D eigenvalue weighted by Gasteiger charge is -2.33. The summed E-state index contributed by atoms with van der Waals surface area (Å²) < 4.78 is 4.60. The van der Waals surface area contributed by atoms with Crippen LogP contribution in [0.25, 0.3) is 0 Å². The summed E-state index contributed by atoms with van der Waals surface area (Å²) in [5.41, 5.74) is 0. The molecule has 0 bridgehead atoms. The molecule has 0 aromatic heterocycles. The van der Waals surface area contributed by atoms with Gasteiger partial charge in [0.15, 0.2) is 0 Å². The van der Waals surface area contributed by atoms with Crippen molar-refractivity contribution in [2.45, 2.75) is 45.3 Å². The first-order valence-corrected chi connectivity index (χ1v) is 5.08. The lowest BCUT2D eigenvalue weighted by Crippen LogP contribution is -2.38. The van der Waals surface area contributed by atoms with E-state index in [0.717, 1.165) is 6.42 Å². The molecule has 82 valence electrons. The Labute approximate surface area is 83.9 Å². The lowest BCUT2D eigenvalue weighted by molar-refractivity contribution is -0.0553.